The van der Waals surface area contributed by atoms with Gasteiger partial charge in [0.2, 0.25) is 0 Å². The van der Waals surface area contributed by atoms with Gasteiger partial charge in [0.25, 0.3) is 0 Å². The number of carbonyl (C=O) groups is 2. The van der Waals surface area contributed by atoms with E-state index in [4.69, 9.17) is 5.73 Å². The number of benzene rings is 1. The molecule has 1 heterocycles. The van der Waals surface area contributed by atoms with Crippen LogP contribution in [-0.4, -0.2) is 39.3 Å². The van der Waals surface area contributed by atoms with Crippen LogP contribution in [0.3, 0.4) is 0 Å². The molecule has 0 saturated carbocycles. The number of nitrogens with two attached hydrogens (primary N) is 1. The van der Waals surface area contributed by atoms with Crippen molar-refractivity contribution in [3.8, 4) is 0 Å². The van der Waals surface area contributed by atoms with Crippen molar-refractivity contribution in [2.75, 3.05) is 5.01 Å². The largest absolute Gasteiger partial charge is 0.480 e. The molecule has 1 aliphatic rings. The summed E-state index contributed by atoms with van der Waals surface area (Å²) in [5, 5.41) is 20.7. The maximum atomic E-state index is 11.9. The van der Waals surface area contributed by atoms with Crippen molar-refractivity contribution in [1.29, 1.82) is 0 Å². The molecule has 1 aromatic carbocycles. The average molecular weight is 307 g/mol. The van der Waals surface area contributed by atoms with Gasteiger partial charge in [0.05, 0.1) is 11.7 Å². The fourth-order valence-electron chi connectivity index (χ4n) is 2.99. The van der Waals surface area contributed by atoms with Crippen molar-refractivity contribution in [3.63, 3.8) is 0 Å². The Morgan fingerprint density at radius 2 is 1.91 bits per heavy atom. The highest BCUT2D eigenvalue weighted by molar-refractivity contribution is 5.91. The minimum atomic E-state index is -1.58. The normalized spacial score (nSPS) is 31.3. The molecule has 3 atom stereocenters. The molecule has 0 amide bonds. The number of carboxylic acids is 2. The van der Waals surface area contributed by atoms with E-state index in [1.54, 1.807) is 19.1 Å². The number of anilines is 1. The summed E-state index contributed by atoms with van der Waals surface area (Å²) in [5.41, 5.74) is 7.28. The number of rotatable bonds is 4. The molecule has 5 N–H and O–H groups in total. The van der Waals surface area contributed by atoms with Crippen LogP contribution >= 0.6 is 0 Å². The summed E-state index contributed by atoms with van der Waals surface area (Å²) >= 11 is 0. The highest BCUT2D eigenvalue weighted by Gasteiger charge is 2.64. The zero-order valence-electron chi connectivity index (χ0n) is 12.8. The van der Waals surface area contributed by atoms with Gasteiger partial charge in [0.1, 0.15) is 0 Å². The van der Waals surface area contributed by atoms with Gasteiger partial charge < -0.3 is 15.9 Å². The van der Waals surface area contributed by atoms with Gasteiger partial charge in [-0.3, -0.25) is 9.80 Å². The molecule has 1 aliphatic heterocycles. The fourth-order valence-corrected chi connectivity index (χ4v) is 2.99. The fraction of sp³-hybridized carbons (Fsp3) is 0.467. The van der Waals surface area contributed by atoms with Crippen LogP contribution in [0.2, 0.25) is 0 Å². The number of nitrogens with zero attached hydrogens (tertiary/aromatic N) is 1. The highest BCUT2D eigenvalue weighted by atomic mass is 16.4. The number of nitrogens with one attached hydrogen (secondary N) is 1. The standard InChI is InChI=1S/C15H21N3O4/c1-4-15(13(21)22)11(16)14(3,12(19)20)18(17-15)10-8-6-5-7-9(10)2/h5-8,11,17H,4,16H2,1-3H3,(H,19,20)(H,21,22). The predicted octanol–water partition coefficient (Wildman–Crippen LogP) is 0.724. The monoisotopic (exact) mass is 307 g/mol. The van der Waals surface area contributed by atoms with Crippen LogP contribution in [0.4, 0.5) is 5.69 Å². The Morgan fingerprint density at radius 1 is 1.32 bits per heavy atom. The molecule has 1 fully saturated rings. The van der Waals surface area contributed by atoms with E-state index in [1.807, 2.05) is 19.1 Å². The molecule has 0 spiro atoms. The Kier molecular flexibility index (Phi) is 3.88. The molecule has 0 aromatic heterocycles. The summed E-state index contributed by atoms with van der Waals surface area (Å²) in [6, 6.07) is 6.04. The summed E-state index contributed by atoms with van der Waals surface area (Å²) in [7, 11) is 0. The molecular formula is C15H21N3O4. The van der Waals surface area contributed by atoms with Gasteiger partial charge >= 0.3 is 11.9 Å². The topological polar surface area (TPSA) is 116 Å². The van der Waals surface area contributed by atoms with E-state index >= 15 is 0 Å². The SMILES string of the molecule is CCC1(C(=O)O)NN(c2ccccc2C)C(C)(C(=O)O)C1N. The van der Waals surface area contributed by atoms with Crippen molar-refractivity contribution in [3.05, 3.63) is 29.8 Å². The Balaban J connectivity index is 2.65. The van der Waals surface area contributed by atoms with Gasteiger partial charge in [-0.25, -0.2) is 10.2 Å². The first-order valence-electron chi connectivity index (χ1n) is 7.07. The molecule has 3 unspecified atom stereocenters. The summed E-state index contributed by atoms with van der Waals surface area (Å²) in [4.78, 5) is 23.7. The van der Waals surface area contributed by atoms with Gasteiger partial charge in [-0.1, -0.05) is 25.1 Å². The van der Waals surface area contributed by atoms with Crippen LogP contribution in [0.25, 0.3) is 0 Å². The third kappa shape index (κ3) is 1.97. The molecule has 0 radical (unpaired) electrons. The molecule has 120 valence electrons. The third-order valence-corrected chi connectivity index (χ3v) is 4.64. The molecule has 1 saturated heterocycles. The molecule has 0 aliphatic carbocycles. The molecular weight excluding hydrogens is 286 g/mol. The Labute approximate surface area is 128 Å². The Bertz CT molecular complexity index is 621. The smallest absolute Gasteiger partial charge is 0.332 e. The van der Waals surface area contributed by atoms with E-state index in [0.717, 1.165) is 5.56 Å². The van der Waals surface area contributed by atoms with E-state index in [2.05, 4.69) is 5.43 Å². The number of hydrogen-bond acceptors (Lipinski definition) is 5. The molecule has 7 nitrogen and oxygen atoms in total. The molecule has 1 aromatic rings. The zero-order valence-corrected chi connectivity index (χ0v) is 12.8. The molecule has 2 rings (SSSR count). The quantitative estimate of drug-likeness (QED) is 0.648. The Morgan fingerprint density at radius 3 is 2.36 bits per heavy atom. The minimum Gasteiger partial charge on any atom is -0.480 e. The number of hydrogen-bond donors (Lipinski definition) is 4. The van der Waals surface area contributed by atoms with E-state index < -0.39 is 29.1 Å². The van der Waals surface area contributed by atoms with E-state index in [0.29, 0.717) is 5.69 Å². The summed E-state index contributed by atoms with van der Waals surface area (Å²) in [6.45, 7) is 4.95. The lowest BCUT2D eigenvalue weighted by Crippen LogP contribution is -2.63. The lowest BCUT2D eigenvalue weighted by atomic mass is 9.79. The summed E-state index contributed by atoms with van der Waals surface area (Å²) < 4.78 is 0. The lowest BCUT2D eigenvalue weighted by molar-refractivity contribution is -0.146. The predicted molar refractivity (Wildman–Crippen MR) is 81.5 cm³/mol. The van der Waals surface area contributed by atoms with Crippen molar-refractivity contribution in [2.24, 2.45) is 5.73 Å². The van der Waals surface area contributed by atoms with Gasteiger partial charge in [-0.05, 0) is 31.9 Å². The van der Waals surface area contributed by atoms with Crippen molar-refractivity contribution >= 4 is 17.6 Å². The van der Waals surface area contributed by atoms with E-state index in [1.165, 1.54) is 11.9 Å². The first-order chi connectivity index (χ1) is 10.2. The van der Waals surface area contributed by atoms with Crippen LogP contribution in [0, 0.1) is 6.92 Å². The van der Waals surface area contributed by atoms with Crippen LogP contribution in [0.1, 0.15) is 25.8 Å². The maximum Gasteiger partial charge on any atom is 0.332 e. The van der Waals surface area contributed by atoms with Gasteiger partial charge in [0.15, 0.2) is 11.1 Å². The van der Waals surface area contributed by atoms with Crippen molar-refractivity contribution in [1.82, 2.24) is 5.43 Å². The number of hydrazine groups is 1. The second-order valence-electron chi connectivity index (χ2n) is 5.79. The average Bonchev–Trinajstić information content (AvgIpc) is 2.71. The second kappa shape index (κ2) is 5.26. The molecule has 22 heavy (non-hydrogen) atoms. The Hall–Kier alpha value is -2.12. The first-order valence-corrected chi connectivity index (χ1v) is 7.07. The molecule has 7 heteroatoms. The van der Waals surface area contributed by atoms with Gasteiger partial charge in [0, 0.05) is 0 Å². The van der Waals surface area contributed by atoms with Crippen LogP contribution in [-0.2, 0) is 9.59 Å². The first kappa shape index (κ1) is 16.3. The minimum absolute atomic E-state index is 0.161. The number of carboxylic acid groups (broad SMARTS) is 2. The van der Waals surface area contributed by atoms with Crippen LogP contribution in [0.15, 0.2) is 24.3 Å². The second-order valence-corrected chi connectivity index (χ2v) is 5.79. The summed E-state index contributed by atoms with van der Waals surface area (Å²) in [6.07, 6.45) is 0.161. The van der Waals surface area contributed by atoms with Gasteiger partial charge in [-0.2, -0.15) is 0 Å². The highest BCUT2D eigenvalue weighted by Crippen LogP contribution is 2.39. The maximum absolute atomic E-state index is 11.9. The van der Waals surface area contributed by atoms with Crippen LogP contribution in [0.5, 0.6) is 0 Å². The number of para-hydroxylation sites is 1. The van der Waals surface area contributed by atoms with Crippen LogP contribution < -0.4 is 16.2 Å². The van der Waals surface area contributed by atoms with E-state index in [9.17, 15) is 19.8 Å². The zero-order chi connectivity index (χ0) is 16.7. The van der Waals surface area contributed by atoms with Gasteiger partial charge in [-0.15, -0.1) is 0 Å². The number of aryl methyl sites for hydroxylation is 1. The van der Waals surface area contributed by atoms with E-state index in [-0.39, 0.29) is 6.42 Å². The summed E-state index contributed by atoms with van der Waals surface area (Å²) in [5.74, 6) is -2.33. The third-order valence-electron chi connectivity index (χ3n) is 4.64. The molecule has 0 bridgehead atoms. The van der Waals surface area contributed by atoms with Crippen molar-refractivity contribution < 1.29 is 19.8 Å². The number of aliphatic carboxylic acids is 2. The lowest BCUT2D eigenvalue weighted by Gasteiger charge is -2.35. The van der Waals surface area contributed by atoms with Crippen molar-refractivity contribution in [2.45, 2.75) is 44.3 Å².